The fourth-order valence-electron chi connectivity index (χ4n) is 12.3. The molecule has 0 atom stereocenters. The van der Waals surface area contributed by atoms with Gasteiger partial charge >= 0.3 is 0 Å². The summed E-state index contributed by atoms with van der Waals surface area (Å²) in [6.07, 6.45) is 0. The van der Waals surface area contributed by atoms with Crippen LogP contribution in [0, 0.1) is 0 Å². The molecule has 0 spiro atoms. The second kappa shape index (κ2) is 17.6. The van der Waals surface area contributed by atoms with Crippen molar-refractivity contribution in [2.24, 2.45) is 0 Å². The van der Waals surface area contributed by atoms with Crippen LogP contribution in [0.25, 0.3) is 154 Å². The molecule has 0 saturated carbocycles. The Kier molecular flexibility index (Phi) is 9.87. The molecule has 13 aromatic carbocycles. The highest BCUT2D eigenvalue weighted by molar-refractivity contribution is 6.22. The molecular weight excluding hydrogens is 947 g/mol. The van der Waals surface area contributed by atoms with Gasteiger partial charge in [-0.1, -0.05) is 212 Å². The fraction of sp³-hybridized carbons (Fsp3) is 0. The van der Waals surface area contributed by atoms with E-state index in [-0.39, 0.29) is 0 Å². The molecule has 0 radical (unpaired) electrons. The summed E-state index contributed by atoms with van der Waals surface area (Å²) in [4.78, 5) is 16.7. The van der Waals surface area contributed by atoms with E-state index in [4.69, 9.17) is 15.0 Å². The molecule has 362 valence electrons. The summed E-state index contributed by atoms with van der Waals surface area (Å²) < 4.78 is 4.90. The minimum Gasteiger partial charge on any atom is -0.309 e. The topological polar surface area (TPSA) is 48.5 Å². The van der Waals surface area contributed by atoms with Gasteiger partial charge in [-0.25, -0.2) is 15.0 Å². The van der Waals surface area contributed by atoms with Crippen LogP contribution >= 0.6 is 0 Å². The highest BCUT2D eigenvalue weighted by atomic mass is 15.0. The van der Waals surface area contributed by atoms with E-state index in [2.05, 4.69) is 282 Å². The molecule has 0 fully saturated rings. The number of nitrogens with zero attached hydrogens (tertiary/aromatic N) is 5. The van der Waals surface area contributed by atoms with Crippen LogP contribution < -0.4 is 0 Å². The molecule has 0 N–H and O–H groups in total. The Morgan fingerprint density at radius 1 is 0.244 bits per heavy atom. The van der Waals surface area contributed by atoms with Crippen LogP contribution in [0.15, 0.2) is 273 Å². The Hall–Kier alpha value is -10.5. The molecule has 0 saturated heterocycles. The van der Waals surface area contributed by atoms with Gasteiger partial charge in [-0.15, -0.1) is 0 Å². The summed E-state index contributed by atoms with van der Waals surface area (Å²) >= 11 is 0. The lowest BCUT2D eigenvalue weighted by Gasteiger charge is -2.22. The van der Waals surface area contributed by atoms with Crippen molar-refractivity contribution in [3.63, 3.8) is 0 Å². The molecule has 0 unspecified atom stereocenters. The summed E-state index contributed by atoms with van der Waals surface area (Å²) in [6, 6.07) is 98.6. The standard InChI is InChI=1S/C73H45N5/c1-3-20-48(21-4-1)62-43-56(44-63(54-36-34-46-18-7-9-23-50(46)40-54)70(62)78-67-45-53-26-12-11-25-52(53)42-64(67)59-39-38-49-22-13-14-29-58(49)69(59)78)72-74-71(55-37-35-47-19-8-10-24-51(47)41-55)75-73(76-72)61-31-17-33-66-68(61)60-30-15-16-32-65(60)77(66)57-27-5-2-6-28-57/h1-45H. The van der Waals surface area contributed by atoms with Crippen molar-refractivity contribution in [3.05, 3.63) is 273 Å². The SMILES string of the molecule is c1ccc(-c2cc(-c3nc(-c4ccc5ccccc5c4)nc(-c4cccc5c4c4ccccc4n5-c4ccccc4)n3)cc(-c3ccc4ccccc4c3)c2-n2c3cc4ccccc4cc3c3ccc4ccccc4c32)cc1. The number of para-hydroxylation sites is 2. The molecule has 3 aromatic heterocycles. The minimum atomic E-state index is 0.580. The van der Waals surface area contributed by atoms with Crippen molar-refractivity contribution in [2.75, 3.05) is 0 Å². The zero-order chi connectivity index (χ0) is 51.3. The van der Waals surface area contributed by atoms with Crippen molar-refractivity contribution in [1.82, 2.24) is 24.1 Å². The van der Waals surface area contributed by atoms with E-state index in [0.29, 0.717) is 17.5 Å². The summed E-state index contributed by atoms with van der Waals surface area (Å²) in [5.74, 6) is 1.78. The van der Waals surface area contributed by atoms with Crippen molar-refractivity contribution >= 4 is 86.7 Å². The number of benzene rings is 13. The van der Waals surface area contributed by atoms with Gasteiger partial charge in [-0.2, -0.15) is 0 Å². The van der Waals surface area contributed by atoms with E-state index >= 15 is 0 Å². The van der Waals surface area contributed by atoms with Crippen molar-refractivity contribution in [3.8, 4) is 67.8 Å². The molecule has 0 aliphatic heterocycles. The Morgan fingerprint density at radius 2 is 0.769 bits per heavy atom. The lowest BCUT2D eigenvalue weighted by Crippen LogP contribution is -2.04. The van der Waals surface area contributed by atoms with Crippen molar-refractivity contribution in [2.45, 2.75) is 0 Å². The first-order chi connectivity index (χ1) is 38.7. The van der Waals surface area contributed by atoms with Gasteiger partial charge in [0.2, 0.25) is 0 Å². The van der Waals surface area contributed by atoms with Crippen LogP contribution in [0.1, 0.15) is 0 Å². The Morgan fingerprint density at radius 3 is 1.50 bits per heavy atom. The molecule has 0 aliphatic carbocycles. The highest BCUT2D eigenvalue weighted by Crippen LogP contribution is 2.47. The minimum absolute atomic E-state index is 0.580. The van der Waals surface area contributed by atoms with Crippen LogP contribution in [0.5, 0.6) is 0 Å². The van der Waals surface area contributed by atoms with Gasteiger partial charge in [0.15, 0.2) is 17.5 Å². The molecule has 78 heavy (non-hydrogen) atoms. The van der Waals surface area contributed by atoms with Gasteiger partial charge in [0.1, 0.15) is 0 Å². The van der Waals surface area contributed by atoms with E-state index in [1.54, 1.807) is 0 Å². The Balaban J connectivity index is 1.04. The lowest BCUT2D eigenvalue weighted by atomic mass is 9.91. The Bertz CT molecular complexity index is 5090. The summed E-state index contributed by atoms with van der Waals surface area (Å²) in [7, 11) is 0. The monoisotopic (exact) mass is 991 g/mol. The highest BCUT2D eigenvalue weighted by Gasteiger charge is 2.26. The van der Waals surface area contributed by atoms with E-state index in [9.17, 15) is 0 Å². The van der Waals surface area contributed by atoms with Gasteiger partial charge in [-0.05, 0) is 109 Å². The van der Waals surface area contributed by atoms with Gasteiger partial charge in [-0.3, -0.25) is 0 Å². The first-order valence-corrected chi connectivity index (χ1v) is 26.6. The molecule has 0 aliphatic rings. The van der Waals surface area contributed by atoms with Crippen LogP contribution in [0.2, 0.25) is 0 Å². The zero-order valence-electron chi connectivity index (χ0n) is 42.2. The molecule has 16 aromatic rings. The third-order valence-corrected chi connectivity index (χ3v) is 15.9. The number of hydrogen-bond acceptors (Lipinski definition) is 3. The van der Waals surface area contributed by atoms with E-state index in [1.807, 2.05) is 0 Å². The van der Waals surface area contributed by atoms with Crippen molar-refractivity contribution < 1.29 is 0 Å². The number of hydrogen-bond donors (Lipinski definition) is 0. The molecule has 0 bridgehead atoms. The summed E-state index contributed by atoms with van der Waals surface area (Å²) in [5, 5.41) is 14.0. The molecule has 5 nitrogen and oxygen atoms in total. The number of rotatable bonds is 7. The van der Waals surface area contributed by atoms with Gasteiger partial charge in [0.05, 0.1) is 27.8 Å². The van der Waals surface area contributed by atoms with Gasteiger partial charge in [0.25, 0.3) is 0 Å². The van der Waals surface area contributed by atoms with Crippen LogP contribution in [-0.2, 0) is 0 Å². The summed E-state index contributed by atoms with van der Waals surface area (Å²) in [5.41, 5.74) is 13.7. The second-order valence-corrected chi connectivity index (χ2v) is 20.3. The molecule has 5 heteroatoms. The van der Waals surface area contributed by atoms with E-state index in [0.717, 1.165) is 99.3 Å². The number of aromatic nitrogens is 5. The van der Waals surface area contributed by atoms with E-state index < -0.39 is 0 Å². The second-order valence-electron chi connectivity index (χ2n) is 20.3. The van der Waals surface area contributed by atoms with E-state index in [1.165, 1.54) is 37.7 Å². The Labute approximate surface area is 449 Å². The summed E-state index contributed by atoms with van der Waals surface area (Å²) in [6.45, 7) is 0. The van der Waals surface area contributed by atoms with Gasteiger partial charge < -0.3 is 9.13 Å². The zero-order valence-corrected chi connectivity index (χ0v) is 42.2. The number of fused-ring (bicyclic) bond motifs is 11. The smallest absolute Gasteiger partial charge is 0.164 e. The molecule has 16 rings (SSSR count). The van der Waals surface area contributed by atoms with Crippen LogP contribution in [-0.4, -0.2) is 24.1 Å². The third kappa shape index (κ3) is 6.99. The quantitative estimate of drug-likeness (QED) is 0.160. The molecule has 0 amide bonds. The average Bonchev–Trinajstić information content (AvgIpc) is 4.08. The maximum absolute atomic E-state index is 5.65. The fourth-order valence-corrected chi connectivity index (χ4v) is 12.3. The largest absolute Gasteiger partial charge is 0.309 e. The predicted octanol–water partition coefficient (Wildman–Crippen LogP) is 19.0. The van der Waals surface area contributed by atoms with Gasteiger partial charge in [0, 0.05) is 60.4 Å². The first-order valence-electron chi connectivity index (χ1n) is 26.6. The first kappa shape index (κ1) is 43.9. The van der Waals surface area contributed by atoms with Crippen molar-refractivity contribution in [1.29, 1.82) is 0 Å². The van der Waals surface area contributed by atoms with Crippen LogP contribution in [0.4, 0.5) is 0 Å². The maximum atomic E-state index is 5.65. The predicted molar refractivity (Wildman–Crippen MR) is 326 cm³/mol. The lowest BCUT2D eigenvalue weighted by molar-refractivity contribution is 1.08. The van der Waals surface area contributed by atoms with Crippen LogP contribution in [0.3, 0.4) is 0 Å². The maximum Gasteiger partial charge on any atom is 0.164 e. The molecular formula is C73H45N5. The molecule has 3 heterocycles. The average molecular weight is 992 g/mol. The third-order valence-electron chi connectivity index (χ3n) is 15.9. The normalized spacial score (nSPS) is 11.8.